The summed E-state index contributed by atoms with van der Waals surface area (Å²) in [4.78, 5) is 25.6. The fraction of sp³-hybridized carbons (Fsp3) is 0.0476. The van der Waals surface area contributed by atoms with Gasteiger partial charge in [0.15, 0.2) is 0 Å². The van der Waals surface area contributed by atoms with Crippen LogP contribution in [0.15, 0.2) is 65.6 Å². The molecular weight excluding hydrogens is 506 g/mol. The van der Waals surface area contributed by atoms with Crippen molar-refractivity contribution >= 4 is 60.5 Å². The van der Waals surface area contributed by atoms with Gasteiger partial charge in [-0.2, -0.15) is 0 Å². The first-order chi connectivity index (χ1) is 15.9. The Balaban J connectivity index is 1.67. The number of hydrogen-bond donors (Lipinski definition) is 3. The van der Waals surface area contributed by atoms with Crippen molar-refractivity contribution in [2.45, 2.75) is 4.90 Å². The number of rotatable bonds is 6. The molecular formula is C21H16ClN3O7S2. The fourth-order valence-electron chi connectivity index (χ4n) is 3.40. The second-order valence-corrected chi connectivity index (χ2v) is 11.1. The smallest absolute Gasteiger partial charge is 0.266 e. The lowest BCUT2D eigenvalue weighted by Gasteiger charge is -2.18. The number of phenols is 1. The normalized spacial score (nSPS) is 13.6. The van der Waals surface area contributed by atoms with Crippen molar-refractivity contribution in [1.29, 1.82) is 0 Å². The number of sulfonamides is 2. The minimum atomic E-state index is -4.36. The lowest BCUT2D eigenvalue weighted by atomic mass is 10.1. The van der Waals surface area contributed by atoms with Crippen LogP contribution in [0.25, 0.3) is 0 Å². The van der Waals surface area contributed by atoms with Gasteiger partial charge in [-0.1, -0.05) is 29.8 Å². The van der Waals surface area contributed by atoms with Crippen molar-refractivity contribution in [3.8, 4) is 5.75 Å². The number of nitrogens with zero attached hydrogens (tertiary/aromatic N) is 1. The number of halogens is 1. The van der Waals surface area contributed by atoms with Crippen LogP contribution in [0.4, 0.5) is 17.1 Å². The quantitative estimate of drug-likeness (QED) is 0.422. The average molecular weight is 522 g/mol. The van der Waals surface area contributed by atoms with Gasteiger partial charge in [-0.05, 0) is 36.4 Å². The van der Waals surface area contributed by atoms with E-state index in [-0.39, 0.29) is 33.2 Å². The van der Waals surface area contributed by atoms with Gasteiger partial charge < -0.3 is 5.11 Å². The monoisotopic (exact) mass is 521 g/mol. The number of carbonyl (C=O) groups is 2. The number of carbonyl (C=O) groups excluding carboxylic acids is 2. The first-order valence-electron chi connectivity index (χ1n) is 9.48. The van der Waals surface area contributed by atoms with Gasteiger partial charge in [-0.3, -0.25) is 19.0 Å². The molecule has 2 amide bonds. The maximum atomic E-state index is 12.9. The van der Waals surface area contributed by atoms with Crippen LogP contribution in [-0.2, 0) is 20.0 Å². The molecule has 0 aromatic heterocycles. The molecule has 0 saturated carbocycles. The molecule has 1 aliphatic heterocycles. The van der Waals surface area contributed by atoms with Crippen LogP contribution in [0, 0.1) is 0 Å². The molecule has 0 saturated heterocycles. The zero-order chi connectivity index (χ0) is 24.8. The molecule has 0 fully saturated rings. The van der Waals surface area contributed by atoms with E-state index in [2.05, 4.69) is 9.44 Å². The third kappa shape index (κ3) is 4.42. The van der Waals surface area contributed by atoms with E-state index >= 15 is 0 Å². The molecule has 1 heterocycles. The summed E-state index contributed by atoms with van der Waals surface area (Å²) in [6, 6.07) is 13.4. The number of phenolic OH excluding ortho intramolecular Hbond substituents is 1. The molecule has 10 nitrogen and oxygen atoms in total. The van der Waals surface area contributed by atoms with E-state index in [0.717, 1.165) is 23.3 Å². The maximum absolute atomic E-state index is 12.9. The molecule has 0 unspecified atom stereocenters. The van der Waals surface area contributed by atoms with Gasteiger partial charge in [-0.15, -0.1) is 0 Å². The van der Waals surface area contributed by atoms with Gasteiger partial charge in [0.2, 0.25) is 10.0 Å². The largest absolute Gasteiger partial charge is 0.506 e. The Morgan fingerprint density at radius 3 is 1.94 bits per heavy atom. The van der Waals surface area contributed by atoms with E-state index in [1.165, 1.54) is 36.4 Å². The lowest BCUT2D eigenvalue weighted by Crippen LogP contribution is -2.29. The Kier molecular flexibility index (Phi) is 5.75. The summed E-state index contributed by atoms with van der Waals surface area (Å²) in [7, 11) is -7.94. The number of fused-ring (bicyclic) bond motifs is 1. The maximum Gasteiger partial charge on any atom is 0.266 e. The van der Waals surface area contributed by atoms with Crippen molar-refractivity contribution in [2.75, 3.05) is 20.6 Å². The Bertz CT molecular complexity index is 1540. The van der Waals surface area contributed by atoms with Crippen LogP contribution < -0.4 is 14.3 Å². The third-order valence-corrected chi connectivity index (χ3v) is 7.22. The summed E-state index contributed by atoms with van der Waals surface area (Å²) in [6.45, 7) is 0. The Hall–Kier alpha value is -3.61. The third-order valence-electron chi connectivity index (χ3n) is 4.77. The van der Waals surface area contributed by atoms with Gasteiger partial charge in [0.1, 0.15) is 10.6 Å². The first kappa shape index (κ1) is 23.5. The second-order valence-electron chi connectivity index (χ2n) is 7.32. The summed E-state index contributed by atoms with van der Waals surface area (Å²) in [6.07, 6.45) is 0.947. The van der Waals surface area contributed by atoms with Crippen LogP contribution in [0.2, 0.25) is 5.02 Å². The summed E-state index contributed by atoms with van der Waals surface area (Å²) in [5.74, 6) is -2.03. The van der Waals surface area contributed by atoms with Crippen LogP contribution in [0.5, 0.6) is 5.75 Å². The van der Waals surface area contributed by atoms with Crippen molar-refractivity contribution < 1.29 is 31.5 Å². The second kappa shape index (κ2) is 8.31. The molecule has 34 heavy (non-hydrogen) atoms. The van der Waals surface area contributed by atoms with Crippen molar-refractivity contribution in [3.05, 3.63) is 76.8 Å². The number of hydrogen-bond acceptors (Lipinski definition) is 7. The van der Waals surface area contributed by atoms with Crippen LogP contribution >= 0.6 is 11.6 Å². The fourth-order valence-corrected chi connectivity index (χ4v) is 5.54. The number of anilines is 3. The van der Waals surface area contributed by atoms with Crippen LogP contribution in [0.1, 0.15) is 20.7 Å². The van der Waals surface area contributed by atoms with Crippen LogP contribution in [-0.4, -0.2) is 40.0 Å². The van der Waals surface area contributed by atoms with Crippen molar-refractivity contribution in [2.24, 2.45) is 0 Å². The highest BCUT2D eigenvalue weighted by molar-refractivity contribution is 7.93. The topological polar surface area (TPSA) is 150 Å². The number of imide groups is 1. The number of nitrogens with one attached hydrogen (secondary N) is 2. The van der Waals surface area contributed by atoms with Crippen molar-refractivity contribution in [1.82, 2.24) is 0 Å². The molecule has 3 N–H and O–H groups in total. The molecule has 0 bridgehead atoms. The van der Waals surface area contributed by atoms with E-state index in [9.17, 15) is 31.5 Å². The summed E-state index contributed by atoms with van der Waals surface area (Å²) in [5, 5.41) is 10.2. The van der Waals surface area contributed by atoms with E-state index in [4.69, 9.17) is 11.6 Å². The standard InChI is InChI=1S/C21H16ClN3O7S2/c1-33(29,30)23-12-5-4-6-13(9-12)24-34(31,32)19-11-18(26)17(10-16(19)22)25-20(27)14-7-2-3-8-15(14)21(25)28/h2-11,23-24,26H,1H3. The van der Waals surface area contributed by atoms with Crippen LogP contribution in [0.3, 0.4) is 0 Å². The highest BCUT2D eigenvalue weighted by atomic mass is 35.5. The van der Waals surface area contributed by atoms with Gasteiger partial charge >= 0.3 is 0 Å². The Morgan fingerprint density at radius 2 is 1.38 bits per heavy atom. The van der Waals surface area contributed by atoms with Crippen molar-refractivity contribution in [3.63, 3.8) is 0 Å². The highest BCUT2D eigenvalue weighted by Crippen LogP contribution is 2.39. The number of benzene rings is 3. The SMILES string of the molecule is CS(=O)(=O)Nc1cccc(NS(=O)(=O)c2cc(O)c(N3C(=O)c4ccccc4C3=O)cc2Cl)c1. The molecule has 13 heteroatoms. The molecule has 176 valence electrons. The highest BCUT2D eigenvalue weighted by Gasteiger charge is 2.38. The first-order valence-corrected chi connectivity index (χ1v) is 13.2. The van der Waals surface area contributed by atoms with E-state index in [1.807, 2.05) is 0 Å². The molecule has 3 aromatic rings. The zero-order valence-corrected chi connectivity index (χ0v) is 19.7. The Morgan fingerprint density at radius 1 is 0.824 bits per heavy atom. The van der Waals surface area contributed by atoms with Gasteiger partial charge in [-0.25, -0.2) is 21.7 Å². The van der Waals surface area contributed by atoms with Gasteiger partial charge in [0.05, 0.1) is 39.5 Å². The molecule has 0 aliphatic carbocycles. The summed E-state index contributed by atoms with van der Waals surface area (Å²) >= 11 is 6.18. The van der Waals surface area contributed by atoms with E-state index in [1.54, 1.807) is 12.1 Å². The zero-order valence-electron chi connectivity index (χ0n) is 17.3. The molecule has 4 rings (SSSR count). The van der Waals surface area contributed by atoms with E-state index in [0.29, 0.717) is 0 Å². The predicted octanol–water partition coefficient (Wildman–Crippen LogP) is 3.02. The summed E-state index contributed by atoms with van der Waals surface area (Å²) < 4.78 is 53.1. The lowest BCUT2D eigenvalue weighted by molar-refractivity contribution is 0.0925. The minimum absolute atomic E-state index is 0.0219. The molecule has 0 spiro atoms. The van der Waals surface area contributed by atoms with Gasteiger partial charge in [0, 0.05) is 6.07 Å². The van der Waals surface area contributed by atoms with Gasteiger partial charge in [0.25, 0.3) is 21.8 Å². The average Bonchev–Trinajstić information content (AvgIpc) is 2.98. The molecule has 0 radical (unpaired) electrons. The van der Waals surface area contributed by atoms with E-state index < -0.39 is 42.5 Å². The molecule has 3 aromatic carbocycles. The molecule has 0 atom stereocenters. The Labute approximate surface area is 199 Å². The summed E-state index contributed by atoms with van der Waals surface area (Å²) in [5.41, 5.74) is 0.161. The number of amides is 2. The minimum Gasteiger partial charge on any atom is -0.506 e. The number of aromatic hydroxyl groups is 1. The predicted molar refractivity (Wildman–Crippen MR) is 126 cm³/mol. The molecule has 1 aliphatic rings.